The Labute approximate surface area is 218 Å². The van der Waals surface area contributed by atoms with Gasteiger partial charge >= 0.3 is 0 Å². The summed E-state index contributed by atoms with van der Waals surface area (Å²) < 4.78 is 2.05. The van der Waals surface area contributed by atoms with Gasteiger partial charge in [-0.3, -0.25) is 9.78 Å². The molecular weight excluding hydrogens is 501 g/mol. The predicted molar refractivity (Wildman–Crippen MR) is 144 cm³/mol. The van der Waals surface area contributed by atoms with Gasteiger partial charge in [0.1, 0.15) is 6.04 Å². The molecule has 9 heteroatoms. The molecule has 0 radical (unpaired) electrons. The second kappa shape index (κ2) is 9.70. The van der Waals surface area contributed by atoms with Gasteiger partial charge in [-0.15, -0.1) is 0 Å². The maximum absolute atomic E-state index is 11.5. The average molecular weight is 522 g/mol. The van der Waals surface area contributed by atoms with Gasteiger partial charge in [0, 0.05) is 41.4 Å². The highest BCUT2D eigenvalue weighted by molar-refractivity contribution is 7.80. The summed E-state index contributed by atoms with van der Waals surface area (Å²) in [5, 5.41) is 7.96. The van der Waals surface area contributed by atoms with Crippen molar-refractivity contribution in [3.8, 4) is 5.69 Å². The molecule has 4 aromatic rings. The topological polar surface area (TPSA) is 62.2 Å². The number of anilines is 2. The summed E-state index contributed by atoms with van der Waals surface area (Å²) in [6.07, 6.45) is 3.75. The zero-order chi connectivity index (χ0) is 24.5. The number of benzene rings is 2. The van der Waals surface area contributed by atoms with Gasteiger partial charge in [-0.2, -0.15) is 0 Å². The molecule has 3 heterocycles. The van der Waals surface area contributed by atoms with E-state index in [9.17, 15) is 4.79 Å². The number of thiocarbonyl (C=S) groups is 1. The van der Waals surface area contributed by atoms with Gasteiger partial charge in [0.15, 0.2) is 5.11 Å². The van der Waals surface area contributed by atoms with Crippen LogP contribution in [0.15, 0.2) is 85.2 Å². The largest absolute Gasteiger partial charge is 0.351 e. The third-order valence-electron chi connectivity index (χ3n) is 5.82. The van der Waals surface area contributed by atoms with E-state index in [2.05, 4.69) is 26.6 Å². The number of nitrogens with zero attached hydrogens (tertiary/aromatic N) is 3. The van der Waals surface area contributed by atoms with E-state index in [0.717, 1.165) is 22.8 Å². The number of carbonyl (C=O) groups excluding carboxylic acids is 1. The third kappa shape index (κ3) is 4.62. The predicted octanol–water partition coefficient (Wildman–Crippen LogP) is 6.31. The SMILES string of the molecule is CC(=O)Nc1ccc(N2C(=S)N[C@@H](c3ccccn3)[C@H]2c2cccn2-c2ccc(Cl)cc2Cl)cc1. The van der Waals surface area contributed by atoms with Crippen molar-refractivity contribution in [2.75, 3.05) is 10.2 Å². The molecule has 1 saturated heterocycles. The Morgan fingerprint density at radius 1 is 1.06 bits per heavy atom. The lowest BCUT2D eigenvalue weighted by Crippen LogP contribution is -2.30. The lowest BCUT2D eigenvalue weighted by molar-refractivity contribution is -0.114. The van der Waals surface area contributed by atoms with Crippen molar-refractivity contribution in [2.24, 2.45) is 0 Å². The number of hydrogen-bond acceptors (Lipinski definition) is 3. The summed E-state index contributed by atoms with van der Waals surface area (Å²) in [5.74, 6) is -0.123. The van der Waals surface area contributed by atoms with Crippen LogP contribution in [0.3, 0.4) is 0 Å². The van der Waals surface area contributed by atoms with Crippen LogP contribution in [0.1, 0.15) is 30.4 Å². The zero-order valence-electron chi connectivity index (χ0n) is 18.7. The van der Waals surface area contributed by atoms with Crippen LogP contribution >= 0.6 is 35.4 Å². The number of carbonyl (C=O) groups is 1. The summed E-state index contributed by atoms with van der Waals surface area (Å²) in [6.45, 7) is 1.48. The summed E-state index contributed by atoms with van der Waals surface area (Å²) in [6, 6.07) is 22.5. The maximum atomic E-state index is 11.5. The number of halogens is 2. The second-order valence-electron chi connectivity index (χ2n) is 8.12. The van der Waals surface area contributed by atoms with E-state index >= 15 is 0 Å². The number of nitrogens with one attached hydrogen (secondary N) is 2. The first-order valence-electron chi connectivity index (χ1n) is 10.9. The summed E-state index contributed by atoms with van der Waals surface area (Å²) in [7, 11) is 0. The molecule has 0 unspecified atom stereocenters. The molecule has 1 fully saturated rings. The van der Waals surface area contributed by atoms with Crippen LogP contribution in [0, 0.1) is 0 Å². The lowest BCUT2D eigenvalue weighted by atomic mass is 10.0. The van der Waals surface area contributed by atoms with Crippen molar-refractivity contribution in [2.45, 2.75) is 19.0 Å². The molecule has 6 nitrogen and oxygen atoms in total. The van der Waals surface area contributed by atoms with E-state index in [0.29, 0.717) is 20.8 Å². The molecule has 0 bridgehead atoms. The Morgan fingerprint density at radius 2 is 1.86 bits per heavy atom. The second-order valence-corrected chi connectivity index (χ2v) is 9.35. The fourth-order valence-electron chi connectivity index (χ4n) is 4.37. The van der Waals surface area contributed by atoms with Gasteiger partial charge in [0.05, 0.1) is 22.4 Å². The fraction of sp³-hybridized carbons (Fsp3) is 0.115. The molecule has 2 aromatic carbocycles. The first-order chi connectivity index (χ1) is 16.9. The van der Waals surface area contributed by atoms with Crippen LogP contribution in [0.2, 0.25) is 10.0 Å². The van der Waals surface area contributed by atoms with Crippen molar-refractivity contribution in [3.63, 3.8) is 0 Å². The van der Waals surface area contributed by atoms with Gasteiger partial charge in [-0.25, -0.2) is 0 Å². The molecule has 0 aliphatic carbocycles. The molecule has 1 amide bonds. The average Bonchev–Trinajstić information content (AvgIpc) is 3.44. The first-order valence-corrected chi connectivity index (χ1v) is 12.1. The van der Waals surface area contributed by atoms with Crippen LogP contribution in [0.5, 0.6) is 0 Å². The van der Waals surface area contributed by atoms with Crippen molar-refractivity contribution < 1.29 is 4.79 Å². The summed E-state index contributed by atoms with van der Waals surface area (Å²) in [5.41, 5.74) is 4.26. The summed E-state index contributed by atoms with van der Waals surface area (Å²) in [4.78, 5) is 18.1. The van der Waals surface area contributed by atoms with E-state index in [1.165, 1.54) is 6.92 Å². The summed E-state index contributed by atoms with van der Waals surface area (Å²) >= 11 is 18.6. The van der Waals surface area contributed by atoms with Gasteiger partial charge < -0.3 is 20.1 Å². The van der Waals surface area contributed by atoms with E-state index in [4.69, 9.17) is 35.4 Å². The van der Waals surface area contributed by atoms with Crippen molar-refractivity contribution in [3.05, 3.63) is 107 Å². The molecule has 1 aliphatic heterocycles. The number of rotatable bonds is 5. The standard InChI is InChI=1S/C26H21Cl2N5OS/c1-16(34)30-18-8-10-19(11-9-18)33-25(24(31-26(33)35)21-5-2-3-13-29-21)23-6-4-14-32(23)22-12-7-17(27)15-20(22)28/h2-15,24-25H,1H3,(H,30,34)(H,31,35)/t24-,25+/m0/s1. The Kier molecular flexibility index (Phi) is 6.47. The number of aromatic nitrogens is 2. The van der Waals surface area contributed by atoms with Crippen LogP contribution < -0.4 is 15.5 Å². The van der Waals surface area contributed by atoms with Gasteiger partial charge in [-0.1, -0.05) is 29.3 Å². The molecule has 5 rings (SSSR count). The number of pyridine rings is 1. The van der Waals surface area contributed by atoms with Gasteiger partial charge in [0.25, 0.3) is 0 Å². The van der Waals surface area contributed by atoms with Crippen LogP contribution in [0.4, 0.5) is 11.4 Å². The van der Waals surface area contributed by atoms with E-state index in [-0.39, 0.29) is 18.0 Å². The van der Waals surface area contributed by atoms with E-state index < -0.39 is 0 Å². The van der Waals surface area contributed by atoms with E-state index in [1.54, 1.807) is 12.3 Å². The normalized spacial score (nSPS) is 17.3. The first kappa shape index (κ1) is 23.4. The van der Waals surface area contributed by atoms with Crippen LogP contribution in [-0.2, 0) is 4.79 Å². The highest BCUT2D eigenvalue weighted by Crippen LogP contribution is 2.43. The molecular formula is C26H21Cl2N5OS. The van der Waals surface area contributed by atoms with Gasteiger partial charge in [-0.05, 0) is 78.9 Å². The third-order valence-corrected chi connectivity index (χ3v) is 6.67. The minimum Gasteiger partial charge on any atom is -0.351 e. The minimum absolute atomic E-state index is 0.123. The van der Waals surface area contributed by atoms with Crippen LogP contribution in [0.25, 0.3) is 5.69 Å². The Morgan fingerprint density at radius 3 is 2.54 bits per heavy atom. The van der Waals surface area contributed by atoms with Crippen molar-refractivity contribution in [1.29, 1.82) is 0 Å². The van der Waals surface area contributed by atoms with Crippen molar-refractivity contribution >= 4 is 57.8 Å². The molecule has 2 N–H and O–H groups in total. The van der Waals surface area contributed by atoms with Crippen LogP contribution in [-0.4, -0.2) is 20.6 Å². The molecule has 0 saturated carbocycles. The monoisotopic (exact) mass is 521 g/mol. The molecule has 2 aromatic heterocycles. The quantitative estimate of drug-likeness (QED) is 0.301. The molecule has 2 atom stereocenters. The smallest absolute Gasteiger partial charge is 0.221 e. The van der Waals surface area contributed by atoms with E-state index in [1.807, 2.05) is 71.4 Å². The Bertz CT molecular complexity index is 1390. The highest BCUT2D eigenvalue weighted by atomic mass is 35.5. The number of hydrogen-bond donors (Lipinski definition) is 2. The van der Waals surface area contributed by atoms with Crippen molar-refractivity contribution in [1.82, 2.24) is 14.9 Å². The fourth-order valence-corrected chi connectivity index (χ4v) is 5.22. The van der Waals surface area contributed by atoms with Gasteiger partial charge in [0.2, 0.25) is 5.91 Å². The highest BCUT2D eigenvalue weighted by Gasteiger charge is 2.42. The Hall–Kier alpha value is -3.39. The lowest BCUT2D eigenvalue weighted by Gasteiger charge is -2.29. The maximum Gasteiger partial charge on any atom is 0.221 e. The molecule has 35 heavy (non-hydrogen) atoms. The minimum atomic E-state index is -0.231. The number of amides is 1. The zero-order valence-corrected chi connectivity index (χ0v) is 21.0. The molecule has 1 aliphatic rings. The molecule has 176 valence electrons. The Balaban J connectivity index is 1.63. The molecule has 0 spiro atoms.